The highest BCUT2D eigenvalue weighted by Crippen LogP contribution is 2.37. The molecule has 0 radical (unpaired) electrons. The van der Waals surface area contributed by atoms with Gasteiger partial charge in [0.05, 0.1) is 5.41 Å². The quantitative estimate of drug-likeness (QED) is 0.667. The summed E-state index contributed by atoms with van der Waals surface area (Å²) in [6.07, 6.45) is -0.00988. The van der Waals surface area contributed by atoms with Gasteiger partial charge in [-0.2, -0.15) is 0 Å². The minimum absolute atomic E-state index is 0.00988. The Kier molecular flexibility index (Phi) is 5.51. The summed E-state index contributed by atoms with van der Waals surface area (Å²) in [6, 6.07) is 0. The molecule has 1 unspecified atom stereocenters. The molecule has 0 aliphatic rings. The van der Waals surface area contributed by atoms with E-state index in [2.05, 4.69) is 41.5 Å². The molecule has 96 valence electrons. The van der Waals surface area contributed by atoms with Gasteiger partial charge in [-0.3, -0.25) is 4.79 Å². The van der Waals surface area contributed by atoms with Crippen LogP contribution in [0.4, 0.5) is 0 Å². The van der Waals surface area contributed by atoms with Crippen LogP contribution in [0.2, 0.25) is 0 Å². The first-order valence-corrected chi connectivity index (χ1v) is 6.35. The van der Waals surface area contributed by atoms with E-state index >= 15 is 0 Å². The summed E-state index contributed by atoms with van der Waals surface area (Å²) in [4.78, 5) is 12.2. The smallest absolute Gasteiger partial charge is 0.312 e. The minimum atomic E-state index is -0.386. The summed E-state index contributed by atoms with van der Waals surface area (Å²) in [5, 5.41) is 0. The van der Waals surface area contributed by atoms with Gasteiger partial charge in [0.2, 0.25) is 0 Å². The van der Waals surface area contributed by atoms with Crippen molar-refractivity contribution in [2.75, 3.05) is 0 Å². The van der Waals surface area contributed by atoms with Crippen molar-refractivity contribution in [3.8, 4) is 0 Å². The Balaban J connectivity index is 4.78. The summed E-state index contributed by atoms with van der Waals surface area (Å²) >= 11 is 0. The van der Waals surface area contributed by atoms with E-state index in [0.29, 0.717) is 17.8 Å². The second-order valence-corrected chi connectivity index (χ2v) is 5.95. The fourth-order valence-electron chi connectivity index (χ4n) is 1.57. The summed E-state index contributed by atoms with van der Waals surface area (Å²) in [6.45, 7) is 16.5. The van der Waals surface area contributed by atoms with Gasteiger partial charge in [-0.05, 0) is 31.6 Å². The maximum absolute atomic E-state index is 12.2. The molecule has 0 bridgehead atoms. The summed E-state index contributed by atoms with van der Waals surface area (Å²) in [5.74, 6) is 0.893. The lowest BCUT2D eigenvalue weighted by atomic mass is 9.70. The number of carbonyl (C=O) groups is 1. The van der Waals surface area contributed by atoms with Gasteiger partial charge in [0.15, 0.2) is 0 Å². The van der Waals surface area contributed by atoms with E-state index in [1.54, 1.807) is 0 Å². The zero-order chi connectivity index (χ0) is 13.1. The molecule has 0 spiro atoms. The van der Waals surface area contributed by atoms with Crippen molar-refractivity contribution in [2.45, 2.75) is 61.5 Å². The van der Waals surface area contributed by atoms with Gasteiger partial charge in [-0.15, -0.1) is 0 Å². The summed E-state index contributed by atoms with van der Waals surface area (Å²) in [7, 11) is 0. The standard InChI is InChI=1S/C14H28O2/c1-9(2)12(7)16-13(15)14(8,10(3)4)11(5)6/h9-12H,1-8H3. The number of esters is 1. The first-order chi connectivity index (χ1) is 7.13. The molecule has 2 nitrogen and oxygen atoms in total. The molecule has 2 heteroatoms. The van der Waals surface area contributed by atoms with Gasteiger partial charge < -0.3 is 4.74 Å². The fraction of sp³-hybridized carbons (Fsp3) is 0.929. The third-order valence-corrected chi connectivity index (χ3v) is 4.07. The zero-order valence-electron chi connectivity index (χ0n) is 12.1. The maximum atomic E-state index is 12.2. The van der Waals surface area contributed by atoms with Crippen LogP contribution in [0.3, 0.4) is 0 Å². The Labute approximate surface area is 101 Å². The Morgan fingerprint density at radius 1 is 0.938 bits per heavy atom. The van der Waals surface area contributed by atoms with Crippen molar-refractivity contribution in [1.82, 2.24) is 0 Å². The topological polar surface area (TPSA) is 26.3 Å². The van der Waals surface area contributed by atoms with Gasteiger partial charge in [-0.25, -0.2) is 0 Å². The lowest BCUT2D eigenvalue weighted by molar-refractivity contribution is -0.168. The molecular formula is C14H28O2. The average Bonchev–Trinajstić information content (AvgIpc) is 2.15. The monoisotopic (exact) mass is 228 g/mol. The van der Waals surface area contributed by atoms with E-state index in [-0.39, 0.29) is 17.5 Å². The van der Waals surface area contributed by atoms with Crippen LogP contribution >= 0.6 is 0 Å². The van der Waals surface area contributed by atoms with Crippen molar-refractivity contribution in [2.24, 2.45) is 23.2 Å². The van der Waals surface area contributed by atoms with Crippen molar-refractivity contribution in [3.63, 3.8) is 0 Å². The van der Waals surface area contributed by atoms with E-state index in [9.17, 15) is 4.79 Å². The minimum Gasteiger partial charge on any atom is -0.462 e. The predicted octanol–water partition coefficient (Wildman–Crippen LogP) is 3.89. The van der Waals surface area contributed by atoms with E-state index in [4.69, 9.17) is 4.74 Å². The Morgan fingerprint density at radius 2 is 1.31 bits per heavy atom. The van der Waals surface area contributed by atoms with E-state index in [0.717, 1.165) is 0 Å². The van der Waals surface area contributed by atoms with E-state index in [1.165, 1.54) is 0 Å². The SMILES string of the molecule is CC(C)C(C)OC(=O)C(C)(C(C)C)C(C)C. The highest BCUT2D eigenvalue weighted by atomic mass is 16.5. The number of carbonyl (C=O) groups excluding carboxylic acids is 1. The van der Waals surface area contributed by atoms with Crippen LogP contribution in [0.5, 0.6) is 0 Å². The van der Waals surface area contributed by atoms with Gasteiger partial charge in [-0.1, -0.05) is 41.5 Å². The highest BCUT2D eigenvalue weighted by molar-refractivity contribution is 5.77. The molecule has 0 aliphatic heterocycles. The summed E-state index contributed by atoms with van der Waals surface area (Å²) < 4.78 is 5.56. The van der Waals surface area contributed by atoms with Crippen LogP contribution in [0.1, 0.15) is 55.4 Å². The third-order valence-electron chi connectivity index (χ3n) is 4.07. The van der Waals surface area contributed by atoms with Crippen molar-refractivity contribution < 1.29 is 9.53 Å². The van der Waals surface area contributed by atoms with Crippen LogP contribution in [0.25, 0.3) is 0 Å². The third kappa shape index (κ3) is 3.23. The molecular weight excluding hydrogens is 200 g/mol. The van der Waals surface area contributed by atoms with Crippen LogP contribution in [-0.2, 0) is 9.53 Å². The molecule has 0 fully saturated rings. The predicted molar refractivity (Wildman–Crippen MR) is 68.2 cm³/mol. The van der Waals surface area contributed by atoms with Crippen molar-refractivity contribution in [1.29, 1.82) is 0 Å². The first kappa shape index (κ1) is 15.5. The summed E-state index contributed by atoms with van der Waals surface area (Å²) in [5.41, 5.74) is -0.386. The largest absolute Gasteiger partial charge is 0.462 e. The van der Waals surface area contributed by atoms with E-state index < -0.39 is 0 Å². The molecule has 0 aromatic heterocycles. The number of hydrogen-bond donors (Lipinski definition) is 0. The van der Waals surface area contributed by atoms with Crippen LogP contribution in [0, 0.1) is 23.2 Å². The van der Waals surface area contributed by atoms with Gasteiger partial charge in [0.25, 0.3) is 0 Å². The molecule has 0 saturated heterocycles. The van der Waals surface area contributed by atoms with Crippen molar-refractivity contribution in [3.05, 3.63) is 0 Å². The number of rotatable bonds is 5. The molecule has 0 N–H and O–H groups in total. The molecule has 0 amide bonds. The second kappa shape index (κ2) is 5.70. The fourth-order valence-corrected chi connectivity index (χ4v) is 1.57. The average molecular weight is 228 g/mol. The van der Waals surface area contributed by atoms with Gasteiger partial charge >= 0.3 is 5.97 Å². The van der Waals surface area contributed by atoms with Crippen LogP contribution in [0.15, 0.2) is 0 Å². The number of ether oxygens (including phenoxy) is 1. The molecule has 1 atom stereocenters. The molecule has 0 aliphatic carbocycles. The van der Waals surface area contributed by atoms with E-state index in [1.807, 2.05) is 13.8 Å². The maximum Gasteiger partial charge on any atom is 0.312 e. The van der Waals surface area contributed by atoms with Gasteiger partial charge in [0, 0.05) is 0 Å². The lowest BCUT2D eigenvalue weighted by Crippen LogP contribution is -2.41. The normalized spacial score (nSPS) is 14.7. The second-order valence-electron chi connectivity index (χ2n) is 5.95. The zero-order valence-corrected chi connectivity index (χ0v) is 12.1. The molecule has 0 aromatic rings. The Bertz CT molecular complexity index is 221. The lowest BCUT2D eigenvalue weighted by Gasteiger charge is -2.36. The van der Waals surface area contributed by atoms with Crippen LogP contribution < -0.4 is 0 Å². The van der Waals surface area contributed by atoms with Crippen molar-refractivity contribution >= 4 is 5.97 Å². The molecule has 0 rings (SSSR count). The Morgan fingerprint density at radius 3 is 1.56 bits per heavy atom. The molecule has 0 heterocycles. The highest BCUT2D eigenvalue weighted by Gasteiger charge is 2.41. The molecule has 16 heavy (non-hydrogen) atoms. The molecule has 0 aromatic carbocycles. The Hall–Kier alpha value is -0.530. The number of hydrogen-bond acceptors (Lipinski definition) is 2. The first-order valence-electron chi connectivity index (χ1n) is 6.35. The molecule has 0 saturated carbocycles. The van der Waals surface area contributed by atoms with Crippen LogP contribution in [-0.4, -0.2) is 12.1 Å². The van der Waals surface area contributed by atoms with Gasteiger partial charge in [0.1, 0.15) is 6.10 Å².